The summed E-state index contributed by atoms with van der Waals surface area (Å²) < 4.78 is 23.8. The fourth-order valence-corrected chi connectivity index (χ4v) is 7.67. The minimum absolute atomic E-state index is 0.0669. The van der Waals surface area contributed by atoms with Crippen molar-refractivity contribution in [2.45, 2.75) is 90.5 Å². The van der Waals surface area contributed by atoms with Crippen LogP contribution in [0.25, 0.3) is 0 Å². The average Bonchev–Trinajstić information content (AvgIpc) is 3.22. The number of ether oxygens (including phenoxy) is 4. The van der Waals surface area contributed by atoms with E-state index in [1.165, 1.54) is 20.8 Å². The molecule has 0 spiro atoms. The van der Waals surface area contributed by atoms with Crippen LogP contribution in [0, 0.1) is 22.7 Å². The first-order valence-corrected chi connectivity index (χ1v) is 12.2. The van der Waals surface area contributed by atoms with Gasteiger partial charge in [0, 0.05) is 50.9 Å². The van der Waals surface area contributed by atoms with E-state index in [-0.39, 0.29) is 25.2 Å². The second kappa shape index (κ2) is 8.56. The van der Waals surface area contributed by atoms with Gasteiger partial charge in [0.2, 0.25) is 0 Å². The van der Waals surface area contributed by atoms with Gasteiger partial charge >= 0.3 is 17.9 Å². The van der Waals surface area contributed by atoms with Crippen molar-refractivity contribution in [1.29, 1.82) is 0 Å². The molecule has 1 aliphatic heterocycles. The highest BCUT2D eigenvalue weighted by Gasteiger charge is 2.78. The zero-order valence-corrected chi connectivity index (χ0v) is 21.6. The van der Waals surface area contributed by atoms with Crippen molar-refractivity contribution < 1.29 is 48.7 Å². The molecule has 1 saturated heterocycles. The van der Waals surface area contributed by atoms with E-state index in [4.69, 9.17) is 18.9 Å². The molecule has 4 aliphatic rings. The van der Waals surface area contributed by atoms with Gasteiger partial charge in [-0.25, -0.2) is 0 Å². The number of aliphatic hydroxyl groups is 3. The smallest absolute Gasteiger partial charge is 0.303 e. The number of hydrogen-bond acceptors (Lipinski definition) is 10. The van der Waals surface area contributed by atoms with Crippen LogP contribution in [0.4, 0.5) is 0 Å². The molecule has 0 aromatic carbocycles. The van der Waals surface area contributed by atoms with Gasteiger partial charge < -0.3 is 34.3 Å². The summed E-state index contributed by atoms with van der Waals surface area (Å²) in [5.74, 6) is -3.53. The largest absolute Gasteiger partial charge is 0.512 e. The molecule has 0 radical (unpaired) electrons. The van der Waals surface area contributed by atoms with Crippen LogP contribution in [-0.4, -0.2) is 76.0 Å². The lowest BCUT2D eigenvalue weighted by Crippen LogP contribution is -2.69. The molecule has 0 aromatic rings. The van der Waals surface area contributed by atoms with E-state index in [0.717, 1.165) is 0 Å². The highest BCUT2D eigenvalue weighted by molar-refractivity contribution is 5.68. The first kappa shape index (κ1) is 26.6. The van der Waals surface area contributed by atoms with E-state index in [1.54, 1.807) is 20.8 Å². The van der Waals surface area contributed by atoms with Gasteiger partial charge in [-0.15, -0.1) is 0 Å². The number of aliphatic hydroxyl groups excluding tert-OH is 2. The lowest BCUT2D eigenvalue weighted by atomic mass is 9.53. The molecule has 1 unspecified atom stereocenters. The summed E-state index contributed by atoms with van der Waals surface area (Å²) in [6.07, 6.45) is -5.59. The van der Waals surface area contributed by atoms with Crippen molar-refractivity contribution in [3.63, 3.8) is 0 Å². The molecule has 1 heterocycles. The van der Waals surface area contributed by atoms with Gasteiger partial charge in [-0.3, -0.25) is 14.4 Å². The van der Waals surface area contributed by atoms with Crippen molar-refractivity contribution in [3.8, 4) is 0 Å². The maximum Gasteiger partial charge on any atom is 0.303 e. The third kappa shape index (κ3) is 3.44. The standard InChI is InChI=1S/C26H36O10/c1-11(2)25-9-16(30)12(3)19(25)20(35-14(5)28)22(36-15(6)29)24(7)18(34-13(4)27)8-17(31)26(32)10-33-23(25)21(24)26/h17-23,30-32H,1,8-10H2,2-7H3/t17-,18-,19?,20+,21-,22-,23-,24+,25+,26-/m0/s1. The van der Waals surface area contributed by atoms with E-state index in [0.29, 0.717) is 11.1 Å². The Morgan fingerprint density at radius 2 is 1.64 bits per heavy atom. The molecular weight excluding hydrogens is 472 g/mol. The molecule has 36 heavy (non-hydrogen) atoms. The van der Waals surface area contributed by atoms with Gasteiger partial charge in [-0.1, -0.05) is 19.1 Å². The van der Waals surface area contributed by atoms with Crippen LogP contribution in [-0.2, 0) is 33.3 Å². The molecule has 200 valence electrons. The minimum Gasteiger partial charge on any atom is -0.512 e. The molecule has 3 N–H and O–H groups in total. The first-order chi connectivity index (χ1) is 16.6. The van der Waals surface area contributed by atoms with Crippen molar-refractivity contribution in [2.24, 2.45) is 22.7 Å². The van der Waals surface area contributed by atoms with Crippen LogP contribution in [0.15, 0.2) is 23.5 Å². The maximum atomic E-state index is 12.5. The third-order valence-electron chi connectivity index (χ3n) is 9.10. The zero-order valence-electron chi connectivity index (χ0n) is 21.6. The van der Waals surface area contributed by atoms with Crippen LogP contribution in [0.3, 0.4) is 0 Å². The van der Waals surface area contributed by atoms with Crippen LogP contribution < -0.4 is 0 Å². The third-order valence-corrected chi connectivity index (χ3v) is 9.10. The lowest BCUT2D eigenvalue weighted by molar-refractivity contribution is -0.249. The average molecular weight is 509 g/mol. The molecule has 4 rings (SSSR count). The van der Waals surface area contributed by atoms with Gasteiger partial charge in [0.1, 0.15) is 23.9 Å². The monoisotopic (exact) mass is 508 g/mol. The van der Waals surface area contributed by atoms with E-state index < -0.39 is 76.7 Å². The van der Waals surface area contributed by atoms with Crippen LogP contribution in [0.2, 0.25) is 0 Å². The summed E-state index contributed by atoms with van der Waals surface area (Å²) in [6, 6.07) is 0. The SMILES string of the molecule is C=C(C)[C@]12CC(O)=C(C)C1[C@@H](OC(C)=O)[C@H](OC(C)=O)[C@]1(C)[C@@H](OC(C)=O)C[C@H](O)[C@@]3(O)CO[C@H]2[C@H]31. The number of carbonyl (C=O) groups excluding carboxylic acids is 3. The Kier molecular flexibility index (Phi) is 6.33. The Hall–Kier alpha value is -2.43. The molecule has 3 fully saturated rings. The summed E-state index contributed by atoms with van der Waals surface area (Å²) in [7, 11) is 0. The molecule has 2 saturated carbocycles. The van der Waals surface area contributed by atoms with E-state index in [2.05, 4.69) is 6.58 Å². The summed E-state index contributed by atoms with van der Waals surface area (Å²) in [6.45, 7) is 12.9. The van der Waals surface area contributed by atoms with Crippen LogP contribution in [0.1, 0.15) is 54.4 Å². The van der Waals surface area contributed by atoms with E-state index in [1.807, 2.05) is 0 Å². The summed E-state index contributed by atoms with van der Waals surface area (Å²) in [5.41, 5.74) is -3.09. The number of allylic oxidation sites excluding steroid dienone is 1. The van der Waals surface area contributed by atoms with Gasteiger partial charge in [0.15, 0.2) is 0 Å². The summed E-state index contributed by atoms with van der Waals surface area (Å²) >= 11 is 0. The van der Waals surface area contributed by atoms with Crippen LogP contribution in [0.5, 0.6) is 0 Å². The Morgan fingerprint density at radius 1 is 1.06 bits per heavy atom. The molecule has 3 aliphatic carbocycles. The molecule has 10 nitrogen and oxygen atoms in total. The number of carbonyl (C=O) groups is 3. The number of hydrogen-bond donors (Lipinski definition) is 3. The fourth-order valence-electron chi connectivity index (χ4n) is 7.67. The second-order valence-corrected chi connectivity index (χ2v) is 11.1. The number of fused-ring (bicyclic) bond motifs is 2. The van der Waals surface area contributed by atoms with Crippen molar-refractivity contribution in [1.82, 2.24) is 0 Å². The quantitative estimate of drug-likeness (QED) is 0.291. The number of rotatable bonds is 4. The van der Waals surface area contributed by atoms with Crippen molar-refractivity contribution >= 4 is 17.9 Å². The van der Waals surface area contributed by atoms with Crippen LogP contribution >= 0.6 is 0 Å². The van der Waals surface area contributed by atoms with Gasteiger partial charge in [0.05, 0.1) is 30.0 Å². The van der Waals surface area contributed by atoms with Gasteiger partial charge in [-0.05, 0) is 19.4 Å². The molecule has 10 atom stereocenters. The van der Waals surface area contributed by atoms with E-state index in [9.17, 15) is 29.7 Å². The Balaban J connectivity index is 2.09. The Morgan fingerprint density at radius 3 is 2.17 bits per heavy atom. The summed E-state index contributed by atoms with van der Waals surface area (Å²) in [4.78, 5) is 37.1. The van der Waals surface area contributed by atoms with Gasteiger partial charge in [0.25, 0.3) is 0 Å². The van der Waals surface area contributed by atoms with Crippen molar-refractivity contribution in [3.05, 3.63) is 23.5 Å². The zero-order chi connectivity index (χ0) is 27.0. The molecular formula is C26H36O10. The molecule has 0 bridgehead atoms. The normalized spacial score (nSPS) is 45.3. The minimum atomic E-state index is -1.79. The highest BCUT2D eigenvalue weighted by Crippen LogP contribution is 2.68. The molecule has 10 heteroatoms. The lowest BCUT2D eigenvalue weighted by Gasteiger charge is -2.56. The highest BCUT2D eigenvalue weighted by atomic mass is 16.6. The number of esters is 3. The topological polar surface area (TPSA) is 149 Å². The Bertz CT molecular complexity index is 1030. The molecule has 0 aromatic heterocycles. The van der Waals surface area contributed by atoms with Crippen molar-refractivity contribution in [2.75, 3.05) is 6.61 Å². The maximum absolute atomic E-state index is 12.5. The first-order valence-electron chi connectivity index (χ1n) is 12.2. The Labute approximate surface area is 210 Å². The predicted molar refractivity (Wildman–Crippen MR) is 124 cm³/mol. The predicted octanol–water partition coefficient (Wildman–Crippen LogP) is 1.73. The second-order valence-electron chi connectivity index (χ2n) is 11.1. The fraction of sp³-hybridized carbons (Fsp3) is 0.731. The van der Waals surface area contributed by atoms with Gasteiger partial charge in [-0.2, -0.15) is 0 Å². The van der Waals surface area contributed by atoms with E-state index >= 15 is 0 Å². The summed E-state index contributed by atoms with van der Waals surface area (Å²) in [5, 5.41) is 34.0. The molecule has 0 amide bonds.